The van der Waals surface area contributed by atoms with E-state index in [-0.39, 0.29) is 18.4 Å². The third kappa shape index (κ3) is 4.35. The van der Waals surface area contributed by atoms with Gasteiger partial charge in [0.1, 0.15) is 0 Å². The van der Waals surface area contributed by atoms with E-state index in [2.05, 4.69) is 10.6 Å². The molecular formula is C19H23N3O2. The Labute approximate surface area is 142 Å². The first-order chi connectivity index (χ1) is 11.4. The van der Waals surface area contributed by atoms with Crippen molar-refractivity contribution in [3.63, 3.8) is 0 Å². The average Bonchev–Trinajstić information content (AvgIpc) is 2.56. The highest BCUT2D eigenvalue weighted by molar-refractivity contribution is 5.96. The van der Waals surface area contributed by atoms with Crippen molar-refractivity contribution < 1.29 is 9.59 Å². The lowest BCUT2D eigenvalue weighted by Gasteiger charge is -2.13. The first kappa shape index (κ1) is 17.5. The third-order valence-corrected chi connectivity index (χ3v) is 3.85. The molecule has 0 heterocycles. The molecule has 5 nitrogen and oxygen atoms in total. The van der Waals surface area contributed by atoms with Crippen LogP contribution in [-0.4, -0.2) is 37.4 Å². The number of amides is 2. The van der Waals surface area contributed by atoms with Gasteiger partial charge in [0.05, 0.1) is 6.54 Å². The lowest BCUT2D eigenvalue weighted by molar-refractivity contribution is -0.114. The summed E-state index contributed by atoms with van der Waals surface area (Å²) in [7, 11) is 3.42. The molecule has 0 aliphatic carbocycles. The minimum atomic E-state index is -0.131. The lowest BCUT2D eigenvalue weighted by Crippen LogP contribution is -2.23. The van der Waals surface area contributed by atoms with E-state index in [1.165, 1.54) is 4.90 Å². The zero-order valence-electron chi connectivity index (χ0n) is 14.5. The summed E-state index contributed by atoms with van der Waals surface area (Å²) in [5.41, 5.74) is 4.33. The van der Waals surface area contributed by atoms with E-state index >= 15 is 0 Å². The number of anilines is 2. The molecule has 2 aromatic rings. The SMILES string of the molecule is Cc1cccc(NC(=O)CNc2cccc(C(=O)N(C)C)c2)c1C. The topological polar surface area (TPSA) is 61.4 Å². The average molecular weight is 325 g/mol. The molecule has 0 radical (unpaired) electrons. The molecule has 0 saturated carbocycles. The number of rotatable bonds is 5. The maximum atomic E-state index is 12.1. The number of benzene rings is 2. The van der Waals surface area contributed by atoms with Crippen molar-refractivity contribution in [2.75, 3.05) is 31.3 Å². The zero-order valence-corrected chi connectivity index (χ0v) is 14.5. The maximum absolute atomic E-state index is 12.1. The Hall–Kier alpha value is -2.82. The molecular weight excluding hydrogens is 302 g/mol. The van der Waals surface area contributed by atoms with Crippen LogP contribution in [0.3, 0.4) is 0 Å². The largest absolute Gasteiger partial charge is 0.376 e. The Morgan fingerprint density at radius 2 is 1.75 bits per heavy atom. The number of hydrogen-bond donors (Lipinski definition) is 2. The first-order valence-electron chi connectivity index (χ1n) is 7.80. The van der Waals surface area contributed by atoms with E-state index in [1.807, 2.05) is 38.1 Å². The van der Waals surface area contributed by atoms with Gasteiger partial charge in [-0.1, -0.05) is 18.2 Å². The Balaban J connectivity index is 1.98. The monoisotopic (exact) mass is 325 g/mol. The predicted octanol–water partition coefficient (Wildman–Crippen LogP) is 3.06. The van der Waals surface area contributed by atoms with Gasteiger partial charge in [0.25, 0.3) is 5.91 Å². The fourth-order valence-corrected chi connectivity index (χ4v) is 2.28. The molecule has 0 atom stereocenters. The molecule has 0 fully saturated rings. The van der Waals surface area contributed by atoms with Gasteiger partial charge < -0.3 is 15.5 Å². The Morgan fingerprint density at radius 1 is 1.04 bits per heavy atom. The molecule has 2 rings (SSSR count). The number of nitrogens with one attached hydrogen (secondary N) is 2. The number of carbonyl (C=O) groups is 2. The number of hydrogen-bond acceptors (Lipinski definition) is 3. The van der Waals surface area contributed by atoms with Crippen LogP contribution in [0, 0.1) is 13.8 Å². The second-order valence-corrected chi connectivity index (χ2v) is 5.93. The molecule has 2 aromatic carbocycles. The molecule has 0 aliphatic rings. The van der Waals surface area contributed by atoms with Crippen molar-refractivity contribution in [3.05, 3.63) is 59.2 Å². The van der Waals surface area contributed by atoms with Gasteiger partial charge in [-0.3, -0.25) is 9.59 Å². The fraction of sp³-hybridized carbons (Fsp3) is 0.263. The van der Waals surface area contributed by atoms with Crippen LogP contribution >= 0.6 is 0 Å². The van der Waals surface area contributed by atoms with Crippen LogP contribution in [0.1, 0.15) is 21.5 Å². The van der Waals surface area contributed by atoms with E-state index in [4.69, 9.17) is 0 Å². The van der Waals surface area contributed by atoms with Crippen LogP contribution < -0.4 is 10.6 Å². The highest BCUT2D eigenvalue weighted by atomic mass is 16.2. The summed E-state index contributed by atoms with van der Waals surface area (Å²) in [5.74, 6) is -0.202. The van der Waals surface area contributed by atoms with Crippen LogP contribution in [0.15, 0.2) is 42.5 Å². The standard InChI is InChI=1S/C19H23N3O2/c1-13-7-5-10-17(14(13)2)21-18(23)12-20-16-9-6-8-15(11-16)19(24)22(3)4/h5-11,20H,12H2,1-4H3,(H,21,23). The summed E-state index contributed by atoms with van der Waals surface area (Å²) in [6.07, 6.45) is 0. The lowest BCUT2D eigenvalue weighted by atomic mass is 10.1. The minimum Gasteiger partial charge on any atom is -0.376 e. The van der Waals surface area contributed by atoms with Crippen molar-refractivity contribution in [1.29, 1.82) is 0 Å². The fourth-order valence-electron chi connectivity index (χ4n) is 2.28. The second kappa shape index (κ2) is 7.64. The highest BCUT2D eigenvalue weighted by Gasteiger charge is 2.09. The van der Waals surface area contributed by atoms with E-state index < -0.39 is 0 Å². The van der Waals surface area contributed by atoms with Gasteiger partial charge in [0.15, 0.2) is 0 Å². The van der Waals surface area contributed by atoms with Gasteiger partial charge in [-0.25, -0.2) is 0 Å². The van der Waals surface area contributed by atoms with Gasteiger partial charge in [0, 0.05) is 31.0 Å². The molecule has 0 aliphatic heterocycles. The summed E-state index contributed by atoms with van der Waals surface area (Å²) < 4.78 is 0. The van der Waals surface area contributed by atoms with Gasteiger partial charge in [-0.2, -0.15) is 0 Å². The minimum absolute atomic E-state index is 0.0708. The van der Waals surface area contributed by atoms with Crippen molar-refractivity contribution in [2.45, 2.75) is 13.8 Å². The quantitative estimate of drug-likeness (QED) is 0.888. The number of aryl methyl sites for hydroxylation is 1. The molecule has 126 valence electrons. The van der Waals surface area contributed by atoms with Crippen molar-refractivity contribution in [3.8, 4) is 0 Å². The van der Waals surface area contributed by atoms with Crippen molar-refractivity contribution in [2.24, 2.45) is 0 Å². The predicted molar refractivity (Wildman–Crippen MR) is 97.5 cm³/mol. The molecule has 0 bridgehead atoms. The van der Waals surface area contributed by atoms with Crippen LogP contribution in [0.4, 0.5) is 11.4 Å². The van der Waals surface area contributed by atoms with E-state index in [1.54, 1.807) is 32.3 Å². The normalized spacial score (nSPS) is 10.2. The van der Waals surface area contributed by atoms with Crippen molar-refractivity contribution >= 4 is 23.2 Å². The van der Waals surface area contributed by atoms with E-state index in [0.29, 0.717) is 5.56 Å². The maximum Gasteiger partial charge on any atom is 0.253 e. The molecule has 5 heteroatoms. The summed E-state index contributed by atoms with van der Waals surface area (Å²) in [6.45, 7) is 4.12. The summed E-state index contributed by atoms with van der Waals surface area (Å²) in [6, 6.07) is 12.9. The number of carbonyl (C=O) groups excluding carboxylic acids is 2. The van der Waals surface area contributed by atoms with Crippen LogP contribution in [-0.2, 0) is 4.79 Å². The van der Waals surface area contributed by atoms with Gasteiger partial charge in [-0.15, -0.1) is 0 Å². The molecule has 0 saturated heterocycles. The summed E-state index contributed by atoms with van der Waals surface area (Å²) in [5, 5.41) is 5.95. The number of nitrogens with zero attached hydrogens (tertiary/aromatic N) is 1. The van der Waals surface area contributed by atoms with Gasteiger partial charge >= 0.3 is 0 Å². The summed E-state index contributed by atoms with van der Waals surface area (Å²) in [4.78, 5) is 25.6. The molecule has 2 amide bonds. The first-order valence-corrected chi connectivity index (χ1v) is 7.80. The van der Waals surface area contributed by atoms with E-state index in [0.717, 1.165) is 22.5 Å². The molecule has 0 unspecified atom stereocenters. The van der Waals surface area contributed by atoms with Crippen LogP contribution in [0.5, 0.6) is 0 Å². The zero-order chi connectivity index (χ0) is 17.7. The third-order valence-electron chi connectivity index (χ3n) is 3.85. The van der Waals surface area contributed by atoms with Crippen molar-refractivity contribution in [1.82, 2.24) is 4.90 Å². The van der Waals surface area contributed by atoms with Crippen LogP contribution in [0.2, 0.25) is 0 Å². The Bertz CT molecular complexity index is 754. The molecule has 0 spiro atoms. The highest BCUT2D eigenvalue weighted by Crippen LogP contribution is 2.18. The molecule has 24 heavy (non-hydrogen) atoms. The molecule has 0 aromatic heterocycles. The Morgan fingerprint density at radius 3 is 2.46 bits per heavy atom. The smallest absolute Gasteiger partial charge is 0.253 e. The Kier molecular flexibility index (Phi) is 5.58. The van der Waals surface area contributed by atoms with Gasteiger partial charge in [0.2, 0.25) is 5.91 Å². The second-order valence-electron chi connectivity index (χ2n) is 5.93. The summed E-state index contributed by atoms with van der Waals surface area (Å²) >= 11 is 0. The van der Waals surface area contributed by atoms with Gasteiger partial charge in [-0.05, 0) is 49.2 Å². The van der Waals surface area contributed by atoms with Crippen LogP contribution in [0.25, 0.3) is 0 Å². The molecule has 2 N–H and O–H groups in total. The van der Waals surface area contributed by atoms with E-state index in [9.17, 15) is 9.59 Å².